The van der Waals surface area contributed by atoms with E-state index in [9.17, 15) is 19.2 Å². The summed E-state index contributed by atoms with van der Waals surface area (Å²) in [5, 5.41) is 4.69. The van der Waals surface area contributed by atoms with E-state index in [2.05, 4.69) is 10.6 Å². The Bertz CT molecular complexity index is 942. The van der Waals surface area contributed by atoms with Crippen molar-refractivity contribution in [3.8, 4) is 0 Å². The molecule has 3 amide bonds. The molecule has 0 fully saturated rings. The standard InChI is InChI=1S/C21H22N2O5S/c1-13-8-9-17(14(2)10-13)22-21(27)23-19(25)11-28-20(26)16-6-4-5-7-18(16)29-12-15(3)24/h4-10H,11-12H2,1-3H3,(H2,22,23,25,27). The number of ketones is 1. The summed E-state index contributed by atoms with van der Waals surface area (Å²) in [7, 11) is 0. The van der Waals surface area contributed by atoms with E-state index in [1.807, 2.05) is 26.0 Å². The van der Waals surface area contributed by atoms with Gasteiger partial charge in [-0.3, -0.25) is 14.9 Å². The molecule has 2 N–H and O–H groups in total. The Kier molecular flexibility index (Phi) is 7.97. The smallest absolute Gasteiger partial charge is 0.339 e. The lowest BCUT2D eigenvalue weighted by molar-refractivity contribution is -0.123. The van der Waals surface area contributed by atoms with E-state index < -0.39 is 24.5 Å². The Hall–Kier alpha value is -3.13. The Morgan fingerprint density at radius 2 is 1.76 bits per heavy atom. The predicted molar refractivity (Wildman–Crippen MR) is 111 cm³/mol. The average molecular weight is 414 g/mol. The zero-order chi connectivity index (χ0) is 21.4. The minimum atomic E-state index is -0.755. The molecule has 0 spiro atoms. The normalized spacial score (nSPS) is 10.2. The second-order valence-corrected chi connectivity index (χ2v) is 7.40. The second kappa shape index (κ2) is 10.4. The van der Waals surface area contributed by atoms with Crippen LogP contribution in [0.5, 0.6) is 0 Å². The molecule has 2 aromatic carbocycles. The number of esters is 1. The van der Waals surface area contributed by atoms with Gasteiger partial charge in [-0.15, -0.1) is 11.8 Å². The highest BCUT2D eigenvalue weighted by Gasteiger charge is 2.16. The van der Waals surface area contributed by atoms with Crippen LogP contribution < -0.4 is 10.6 Å². The van der Waals surface area contributed by atoms with E-state index in [0.717, 1.165) is 11.1 Å². The molecule has 7 nitrogen and oxygen atoms in total. The number of nitrogens with one attached hydrogen (secondary N) is 2. The third kappa shape index (κ3) is 7.08. The molecular weight excluding hydrogens is 392 g/mol. The summed E-state index contributed by atoms with van der Waals surface area (Å²) >= 11 is 1.22. The average Bonchev–Trinajstić information content (AvgIpc) is 2.67. The van der Waals surface area contributed by atoms with Gasteiger partial charge in [-0.05, 0) is 44.5 Å². The Balaban J connectivity index is 1.88. The number of benzene rings is 2. The van der Waals surface area contributed by atoms with Crippen LogP contribution in [0.3, 0.4) is 0 Å². The number of rotatable bonds is 7. The molecule has 0 atom stereocenters. The van der Waals surface area contributed by atoms with Crippen molar-refractivity contribution in [3.05, 3.63) is 59.2 Å². The van der Waals surface area contributed by atoms with Crippen molar-refractivity contribution in [1.29, 1.82) is 0 Å². The fourth-order valence-electron chi connectivity index (χ4n) is 2.42. The molecule has 8 heteroatoms. The quantitative estimate of drug-likeness (QED) is 0.531. The number of anilines is 1. The maximum absolute atomic E-state index is 12.3. The van der Waals surface area contributed by atoms with Crippen LogP contribution >= 0.6 is 11.8 Å². The van der Waals surface area contributed by atoms with Crippen molar-refractivity contribution in [2.75, 3.05) is 17.7 Å². The number of thioether (sulfide) groups is 1. The summed E-state index contributed by atoms with van der Waals surface area (Å²) in [5.74, 6) is -1.26. The number of hydrogen-bond donors (Lipinski definition) is 2. The van der Waals surface area contributed by atoms with Crippen LogP contribution in [0.25, 0.3) is 0 Å². The first-order valence-electron chi connectivity index (χ1n) is 8.82. The number of aryl methyl sites for hydroxylation is 2. The number of imide groups is 1. The molecule has 2 aromatic rings. The topological polar surface area (TPSA) is 102 Å². The second-order valence-electron chi connectivity index (χ2n) is 6.38. The zero-order valence-corrected chi connectivity index (χ0v) is 17.2. The van der Waals surface area contributed by atoms with Crippen LogP contribution in [0.4, 0.5) is 10.5 Å². The van der Waals surface area contributed by atoms with Crippen LogP contribution in [0, 0.1) is 13.8 Å². The molecule has 0 radical (unpaired) electrons. The summed E-state index contributed by atoms with van der Waals surface area (Å²) < 4.78 is 5.00. The SMILES string of the molecule is CC(=O)CSc1ccccc1C(=O)OCC(=O)NC(=O)Nc1ccc(C)cc1C. The van der Waals surface area contributed by atoms with E-state index in [4.69, 9.17) is 4.74 Å². The fraction of sp³-hybridized carbons (Fsp3) is 0.238. The summed E-state index contributed by atoms with van der Waals surface area (Å²) in [4.78, 5) is 47.9. The Morgan fingerprint density at radius 3 is 2.45 bits per heavy atom. The lowest BCUT2D eigenvalue weighted by Gasteiger charge is -2.11. The Morgan fingerprint density at radius 1 is 1.03 bits per heavy atom. The molecule has 0 aliphatic heterocycles. The molecular formula is C21H22N2O5S. The summed E-state index contributed by atoms with van der Waals surface area (Å²) in [6.07, 6.45) is 0. The molecule has 0 aliphatic carbocycles. The van der Waals surface area contributed by atoms with Gasteiger partial charge in [0.15, 0.2) is 6.61 Å². The van der Waals surface area contributed by atoms with E-state index in [1.54, 1.807) is 30.3 Å². The largest absolute Gasteiger partial charge is 0.452 e. The van der Waals surface area contributed by atoms with Crippen LogP contribution in [0.15, 0.2) is 47.4 Å². The number of urea groups is 1. The molecule has 0 saturated carbocycles. The maximum Gasteiger partial charge on any atom is 0.339 e. The number of amides is 3. The first kappa shape index (κ1) is 22.2. The lowest BCUT2D eigenvalue weighted by Crippen LogP contribution is -2.37. The van der Waals surface area contributed by atoms with Crippen LogP contribution in [0.2, 0.25) is 0 Å². The molecule has 0 bridgehead atoms. The molecule has 0 aromatic heterocycles. The fourth-order valence-corrected chi connectivity index (χ4v) is 3.26. The van der Waals surface area contributed by atoms with Crippen molar-refractivity contribution in [1.82, 2.24) is 5.32 Å². The zero-order valence-electron chi connectivity index (χ0n) is 16.4. The predicted octanol–water partition coefficient (Wildman–Crippen LogP) is 3.49. The van der Waals surface area contributed by atoms with Gasteiger partial charge < -0.3 is 10.1 Å². The van der Waals surface area contributed by atoms with Gasteiger partial charge in [-0.25, -0.2) is 9.59 Å². The van der Waals surface area contributed by atoms with Crippen molar-refractivity contribution < 1.29 is 23.9 Å². The van der Waals surface area contributed by atoms with Gasteiger partial charge in [0.05, 0.1) is 11.3 Å². The van der Waals surface area contributed by atoms with Crippen molar-refractivity contribution in [2.24, 2.45) is 0 Å². The first-order chi connectivity index (χ1) is 13.8. The first-order valence-corrected chi connectivity index (χ1v) is 9.81. The van der Waals surface area contributed by atoms with Gasteiger partial charge in [0.2, 0.25) is 0 Å². The molecule has 0 unspecified atom stereocenters. The number of ether oxygens (including phenoxy) is 1. The van der Waals surface area contributed by atoms with Gasteiger partial charge in [0.1, 0.15) is 5.78 Å². The molecule has 152 valence electrons. The lowest BCUT2D eigenvalue weighted by atomic mass is 10.1. The van der Waals surface area contributed by atoms with Gasteiger partial charge in [-0.2, -0.15) is 0 Å². The van der Waals surface area contributed by atoms with E-state index in [-0.39, 0.29) is 17.1 Å². The minimum absolute atomic E-state index is 0.0210. The third-order valence-corrected chi connectivity index (χ3v) is 4.97. The highest BCUT2D eigenvalue weighted by Crippen LogP contribution is 2.23. The van der Waals surface area contributed by atoms with Crippen LogP contribution in [0.1, 0.15) is 28.4 Å². The van der Waals surface area contributed by atoms with Crippen molar-refractivity contribution in [2.45, 2.75) is 25.7 Å². The summed E-state index contributed by atoms with van der Waals surface area (Å²) in [5.41, 5.74) is 2.75. The van der Waals surface area contributed by atoms with Crippen molar-refractivity contribution >= 4 is 41.1 Å². The molecule has 2 rings (SSSR count). The summed E-state index contributed by atoms with van der Waals surface area (Å²) in [6.45, 7) is 4.63. The number of carbonyl (C=O) groups excluding carboxylic acids is 4. The highest BCUT2D eigenvalue weighted by atomic mass is 32.2. The van der Waals surface area contributed by atoms with Crippen molar-refractivity contribution in [3.63, 3.8) is 0 Å². The van der Waals surface area contributed by atoms with Gasteiger partial charge in [0, 0.05) is 10.6 Å². The maximum atomic E-state index is 12.3. The highest BCUT2D eigenvalue weighted by molar-refractivity contribution is 8.00. The molecule has 0 aliphatic rings. The van der Waals surface area contributed by atoms with Crippen LogP contribution in [-0.4, -0.2) is 36.1 Å². The number of Topliss-reactive ketones (excluding diaryl/α,β-unsaturated/α-hetero) is 1. The molecule has 0 heterocycles. The number of carbonyl (C=O) groups is 4. The monoisotopic (exact) mass is 414 g/mol. The number of hydrogen-bond acceptors (Lipinski definition) is 6. The molecule has 29 heavy (non-hydrogen) atoms. The van der Waals surface area contributed by atoms with E-state index in [1.165, 1.54) is 18.7 Å². The van der Waals surface area contributed by atoms with Crippen LogP contribution in [-0.2, 0) is 14.3 Å². The third-order valence-electron chi connectivity index (χ3n) is 3.76. The van der Waals surface area contributed by atoms with E-state index in [0.29, 0.717) is 10.6 Å². The Labute approximate surface area is 173 Å². The van der Waals surface area contributed by atoms with E-state index >= 15 is 0 Å². The molecule has 0 saturated heterocycles. The van der Waals surface area contributed by atoms with Gasteiger partial charge in [0.25, 0.3) is 5.91 Å². The van der Waals surface area contributed by atoms with Gasteiger partial charge in [-0.1, -0.05) is 29.8 Å². The minimum Gasteiger partial charge on any atom is -0.452 e. The summed E-state index contributed by atoms with van der Waals surface area (Å²) in [6, 6.07) is 11.4. The van der Waals surface area contributed by atoms with Gasteiger partial charge >= 0.3 is 12.0 Å².